The maximum absolute atomic E-state index is 11.1. The molecule has 0 fully saturated rings. The summed E-state index contributed by atoms with van der Waals surface area (Å²) in [4.78, 5) is 21.5. The van der Waals surface area contributed by atoms with E-state index in [9.17, 15) is 14.7 Å². The Morgan fingerprint density at radius 3 is 2.43 bits per heavy atom. The molecule has 0 spiro atoms. The minimum absolute atomic E-state index is 0.137. The van der Waals surface area contributed by atoms with Crippen LogP contribution in [0, 0.1) is 0 Å². The highest BCUT2D eigenvalue weighted by Crippen LogP contribution is 2.22. The van der Waals surface area contributed by atoms with Gasteiger partial charge < -0.3 is 15.9 Å². The van der Waals surface area contributed by atoms with Crippen molar-refractivity contribution in [1.82, 2.24) is 5.32 Å². The van der Waals surface area contributed by atoms with Crippen LogP contribution in [0.3, 0.4) is 0 Å². The van der Waals surface area contributed by atoms with Crippen LogP contribution in [0.5, 0.6) is 11.5 Å². The minimum Gasteiger partial charge on any atom is -0.508 e. The van der Waals surface area contributed by atoms with Crippen molar-refractivity contribution in [1.29, 1.82) is 0 Å². The Bertz CT molecular complexity index is 389. The van der Waals surface area contributed by atoms with Crippen molar-refractivity contribution >= 4 is 11.9 Å². The van der Waals surface area contributed by atoms with Crippen LogP contribution in [0.2, 0.25) is 0 Å². The number of nitrogens with two attached hydrogens (primary N) is 1. The predicted molar refractivity (Wildman–Crippen MR) is 46.8 cm³/mol. The van der Waals surface area contributed by atoms with Gasteiger partial charge >= 0.3 is 6.03 Å². The molecule has 0 heterocycles. The number of imide groups is 1. The lowest BCUT2D eigenvalue weighted by Gasteiger charge is -2.03. The first-order valence-corrected chi connectivity index (χ1v) is 3.63. The van der Waals surface area contributed by atoms with Crippen molar-refractivity contribution in [2.24, 2.45) is 5.73 Å². The fourth-order valence-corrected chi connectivity index (χ4v) is 0.891. The number of urea groups is 1. The molecule has 1 aromatic rings. The molecule has 0 aromatic heterocycles. The Morgan fingerprint density at radius 2 is 1.93 bits per heavy atom. The zero-order chi connectivity index (χ0) is 10.7. The highest BCUT2D eigenvalue weighted by atomic mass is 16.3. The number of carbonyl (C=O) groups is 2. The van der Waals surface area contributed by atoms with Crippen molar-refractivity contribution in [2.45, 2.75) is 0 Å². The molecule has 3 amide bonds. The summed E-state index contributed by atoms with van der Waals surface area (Å²) in [5.74, 6) is -1.43. The number of phenolic OH excluding ortho intramolecular Hbond substituents is 2. The highest BCUT2D eigenvalue weighted by molar-refractivity contribution is 6.05. The van der Waals surface area contributed by atoms with Crippen LogP contribution < -0.4 is 11.1 Å². The summed E-state index contributed by atoms with van der Waals surface area (Å²) in [5.41, 5.74) is 4.57. The van der Waals surface area contributed by atoms with Crippen LogP contribution in [0.15, 0.2) is 18.2 Å². The molecule has 0 atom stereocenters. The first kappa shape index (κ1) is 9.85. The van der Waals surface area contributed by atoms with E-state index in [1.807, 2.05) is 0 Å². The van der Waals surface area contributed by atoms with Crippen molar-refractivity contribution in [2.75, 3.05) is 0 Å². The Morgan fingerprint density at radius 1 is 1.29 bits per heavy atom. The molecule has 0 saturated heterocycles. The normalized spacial score (nSPS) is 9.43. The van der Waals surface area contributed by atoms with Gasteiger partial charge in [0.15, 0.2) is 0 Å². The Balaban J connectivity index is 2.96. The monoisotopic (exact) mass is 196 g/mol. The van der Waals surface area contributed by atoms with E-state index in [1.165, 1.54) is 12.1 Å². The summed E-state index contributed by atoms with van der Waals surface area (Å²) in [5, 5.41) is 19.9. The molecule has 0 aliphatic carbocycles. The molecule has 5 N–H and O–H groups in total. The molecule has 0 unspecified atom stereocenters. The lowest BCUT2D eigenvalue weighted by molar-refractivity contribution is 0.0963. The van der Waals surface area contributed by atoms with E-state index in [-0.39, 0.29) is 11.3 Å². The molecule has 1 rings (SSSR count). The van der Waals surface area contributed by atoms with Gasteiger partial charge in [0.2, 0.25) is 0 Å². The molecule has 6 nitrogen and oxygen atoms in total. The first-order chi connectivity index (χ1) is 6.50. The summed E-state index contributed by atoms with van der Waals surface area (Å²) < 4.78 is 0. The molecule has 0 aliphatic heterocycles. The lowest BCUT2D eigenvalue weighted by Crippen LogP contribution is -2.34. The number of nitrogens with one attached hydrogen (secondary N) is 1. The molecule has 1 aromatic carbocycles. The van der Waals surface area contributed by atoms with Crippen molar-refractivity contribution in [3.05, 3.63) is 23.8 Å². The fraction of sp³-hybridized carbons (Fsp3) is 0. The maximum Gasteiger partial charge on any atom is 0.319 e. The van der Waals surface area contributed by atoms with Crippen LogP contribution in [0.25, 0.3) is 0 Å². The lowest BCUT2D eigenvalue weighted by atomic mass is 10.2. The van der Waals surface area contributed by atoms with Gasteiger partial charge in [0, 0.05) is 6.07 Å². The summed E-state index contributed by atoms with van der Waals surface area (Å²) >= 11 is 0. The van der Waals surface area contributed by atoms with E-state index in [0.717, 1.165) is 6.07 Å². The standard InChI is InChI=1S/C8H8N2O4/c9-8(14)10-7(13)5-2-1-4(11)3-6(5)12/h1-3,11-12H,(H3,9,10,13,14). The van der Waals surface area contributed by atoms with Gasteiger partial charge in [-0.05, 0) is 12.1 Å². The van der Waals surface area contributed by atoms with Gasteiger partial charge in [0.25, 0.3) is 5.91 Å². The molecule has 74 valence electrons. The molecule has 0 saturated carbocycles. The van der Waals surface area contributed by atoms with Crippen molar-refractivity contribution in [3.63, 3.8) is 0 Å². The highest BCUT2D eigenvalue weighted by Gasteiger charge is 2.12. The Hall–Kier alpha value is -2.24. The number of phenols is 2. The first-order valence-electron chi connectivity index (χ1n) is 3.63. The van der Waals surface area contributed by atoms with Crippen LogP contribution in [0.4, 0.5) is 4.79 Å². The van der Waals surface area contributed by atoms with Gasteiger partial charge in [-0.1, -0.05) is 0 Å². The fourth-order valence-electron chi connectivity index (χ4n) is 0.891. The van der Waals surface area contributed by atoms with Crippen LogP contribution in [0.1, 0.15) is 10.4 Å². The minimum atomic E-state index is -1.01. The third kappa shape index (κ3) is 2.13. The summed E-state index contributed by atoms with van der Waals surface area (Å²) in [7, 11) is 0. The summed E-state index contributed by atoms with van der Waals surface area (Å²) in [6.45, 7) is 0. The quantitative estimate of drug-likeness (QED) is 0.502. The largest absolute Gasteiger partial charge is 0.508 e. The third-order valence-corrected chi connectivity index (χ3v) is 1.46. The number of amides is 3. The van der Waals surface area contributed by atoms with E-state index in [2.05, 4.69) is 0 Å². The molecule has 6 heteroatoms. The second-order valence-electron chi connectivity index (χ2n) is 2.52. The Kier molecular flexibility index (Phi) is 2.57. The van der Waals surface area contributed by atoms with Gasteiger partial charge in [-0.15, -0.1) is 0 Å². The summed E-state index contributed by atoms with van der Waals surface area (Å²) in [6.07, 6.45) is 0. The average molecular weight is 196 g/mol. The smallest absolute Gasteiger partial charge is 0.319 e. The van der Waals surface area contributed by atoms with Crippen LogP contribution in [-0.2, 0) is 0 Å². The van der Waals surface area contributed by atoms with Gasteiger partial charge in [-0.25, -0.2) is 4.79 Å². The molecule has 14 heavy (non-hydrogen) atoms. The van der Waals surface area contributed by atoms with Gasteiger partial charge in [-0.3, -0.25) is 10.1 Å². The van der Waals surface area contributed by atoms with E-state index >= 15 is 0 Å². The van der Waals surface area contributed by atoms with Crippen molar-refractivity contribution < 1.29 is 19.8 Å². The second kappa shape index (κ2) is 3.65. The van der Waals surface area contributed by atoms with E-state index in [1.54, 1.807) is 5.32 Å². The molecule has 0 bridgehead atoms. The molecule has 0 radical (unpaired) electrons. The maximum atomic E-state index is 11.1. The Labute approximate surface area is 79.0 Å². The van der Waals surface area contributed by atoms with Crippen LogP contribution >= 0.6 is 0 Å². The van der Waals surface area contributed by atoms with Gasteiger partial charge in [0.05, 0.1) is 5.56 Å². The number of rotatable bonds is 1. The SMILES string of the molecule is NC(=O)NC(=O)c1ccc(O)cc1O. The van der Waals surface area contributed by atoms with Gasteiger partial charge in [-0.2, -0.15) is 0 Å². The average Bonchev–Trinajstić information content (AvgIpc) is 2.01. The second-order valence-corrected chi connectivity index (χ2v) is 2.52. The zero-order valence-corrected chi connectivity index (χ0v) is 7.02. The molecular formula is C8H8N2O4. The number of aromatic hydroxyl groups is 2. The third-order valence-electron chi connectivity index (χ3n) is 1.46. The van der Waals surface area contributed by atoms with E-state index in [4.69, 9.17) is 10.8 Å². The van der Waals surface area contributed by atoms with E-state index < -0.39 is 17.7 Å². The summed E-state index contributed by atoms with van der Waals surface area (Å²) in [6, 6.07) is 2.34. The number of benzene rings is 1. The van der Waals surface area contributed by atoms with Gasteiger partial charge in [0.1, 0.15) is 11.5 Å². The number of primary amides is 1. The predicted octanol–water partition coefficient (Wildman–Crippen LogP) is -0.0937. The molecule has 0 aliphatic rings. The molecular weight excluding hydrogens is 188 g/mol. The van der Waals surface area contributed by atoms with Crippen LogP contribution in [-0.4, -0.2) is 22.2 Å². The number of hydrogen-bond donors (Lipinski definition) is 4. The van der Waals surface area contributed by atoms with Crippen molar-refractivity contribution in [3.8, 4) is 11.5 Å². The van der Waals surface area contributed by atoms with E-state index in [0.29, 0.717) is 0 Å². The number of hydrogen-bond acceptors (Lipinski definition) is 4. The topological polar surface area (TPSA) is 113 Å². The zero-order valence-electron chi connectivity index (χ0n) is 7.02. The number of carbonyl (C=O) groups excluding carboxylic acids is 2.